The topological polar surface area (TPSA) is 41.9 Å². The summed E-state index contributed by atoms with van der Waals surface area (Å²) in [5.74, 6) is -0.343. The number of esters is 1. The Morgan fingerprint density at radius 1 is 0.933 bits per heavy atom. The molecule has 4 nitrogen and oxygen atoms in total. The van der Waals surface area contributed by atoms with Crippen molar-refractivity contribution in [3.8, 4) is 0 Å². The molecule has 30 heavy (non-hydrogen) atoms. The Balaban J connectivity index is 1.95. The number of benzene rings is 3. The zero-order valence-electron chi connectivity index (χ0n) is 18.1. The number of anilines is 2. The number of aliphatic imine (C=N–C) groups is 1. The predicted octanol–water partition coefficient (Wildman–Crippen LogP) is 6.02. The molecular formula is C26H26N2O2. The van der Waals surface area contributed by atoms with Crippen LogP contribution in [0.25, 0.3) is 0 Å². The van der Waals surface area contributed by atoms with Gasteiger partial charge in [0.2, 0.25) is 0 Å². The van der Waals surface area contributed by atoms with Crippen molar-refractivity contribution in [2.45, 2.75) is 26.2 Å². The van der Waals surface area contributed by atoms with Crippen molar-refractivity contribution in [3.63, 3.8) is 0 Å². The Labute approximate surface area is 177 Å². The molecule has 0 aliphatic carbocycles. The van der Waals surface area contributed by atoms with Crippen LogP contribution in [0.2, 0.25) is 0 Å². The molecule has 0 bridgehead atoms. The van der Waals surface area contributed by atoms with Crippen LogP contribution in [0.1, 0.15) is 47.8 Å². The number of carbonyl (C=O) groups is 1. The lowest BCUT2D eigenvalue weighted by atomic mass is 9.84. The summed E-state index contributed by atoms with van der Waals surface area (Å²) in [6.45, 7) is 6.64. The number of nitrogens with zero attached hydrogens (tertiary/aromatic N) is 2. The lowest BCUT2D eigenvalue weighted by Gasteiger charge is -2.25. The van der Waals surface area contributed by atoms with E-state index in [0.29, 0.717) is 5.56 Å². The van der Waals surface area contributed by atoms with Gasteiger partial charge < -0.3 is 9.64 Å². The van der Waals surface area contributed by atoms with Gasteiger partial charge in [-0.2, -0.15) is 0 Å². The Morgan fingerprint density at radius 2 is 1.63 bits per heavy atom. The summed E-state index contributed by atoms with van der Waals surface area (Å²) in [6.07, 6.45) is 0. The van der Waals surface area contributed by atoms with E-state index in [-0.39, 0.29) is 11.4 Å². The van der Waals surface area contributed by atoms with Crippen LogP contribution in [0.3, 0.4) is 0 Å². The molecule has 0 saturated heterocycles. The molecule has 0 amide bonds. The molecule has 152 valence electrons. The summed E-state index contributed by atoms with van der Waals surface area (Å²) < 4.78 is 4.84. The molecule has 1 aliphatic rings. The molecular weight excluding hydrogens is 372 g/mol. The molecule has 0 atom stereocenters. The molecule has 4 rings (SSSR count). The third-order valence-corrected chi connectivity index (χ3v) is 5.53. The molecule has 1 aliphatic heterocycles. The first-order valence-electron chi connectivity index (χ1n) is 10.0. The van der Waals surface area contributed by atoms with E-state index >= 15 is 0 Å². The molecule has 3 aromatic rings. The number of rotatable bonds is 2. The van der Waals surface area contributed by atoms with Gasteiger partial charge >= 0.3 is 5.97 Å². The van der Waals surface area contributed by atoms with E-state index in [4.69, 9.17) is 9.73 Å². The molecule has 4 heteroatoms. The van der Waals surface area contributed by atoms with Gasteiger partial charge in [-0.05, 0) is 47.4 Å². The minimum absolute atomic E-state index is 0.0204. The van der Waals surface area contributed by atoms with Gasteiger partial charge in [0.05, 0.1) is 35.4 Å². The Hall–Kier alpha value is -3.40. The summed E-state index contributed by atoms with van der Waals surface area (Å²) in [5.41, 5.74) is 7.80. The maximum atomic E-state index is 11.9. The largest absolute Gasteiger partial charge is 0.465 e. The van der Waals surface area contributed by atoms with Gasteiger partial charge in [0.25, 0.3) is 0 Å². The Kier molecular flexibility index (Phi) is 4.94. The van der Waals surface area contributed by atoms with Gasteiger partial charge in [0.1, 0.15) is 0 Å². The average Bonchev–Trinajstić information content (AvgIpc) is 2.87. The summed E-state index contributed by atoms with van der Waals surface area (Å²) in [6, 6.07) is 22.2. The van der Waals surface area contributed by atoms with Crippen molar-refractivity contribution in [2.24, 2.45) is 4.99 Å². The zero-order valence-corrected chi connectivity index (χ0v) is 18.1. The summed E-state index contributed by atoms with van der Waals surface area (Å²) in [7, 11) is 3.47. The lowest BCUT2D eigenvalue weighted by Crippen LogP contribution is -2.17. The molecule has 3 aromatic carbocycles. The first-order valence-corrected chi connectivity index (χ1v) is 10.0. The van der Waals surface area contributed by atoms with Crippen LogP contribution in [-0.4, -0.2) is 25.8 Å². The van der Waals surface area contributed by atoms with Crippen molar-refractivity contribution in [2.75, 3.05) is 19.1 Å². The van der Waals surface area contributed by atoms with Crippen molar-refractivity contribution in [3.05, 3.63) is 89.0 Å². The highest BCUT2D eigenvalue weighted by atomic mass is 16.5. The van der Waals surface area contributed by atoms with Gasteiger partial charge in [-0.1, -0.05) is 51.1 Å². The monoisotopic (exact) mass is 398 g/mol. The van der Waals surface area contributed by atoms with Gasteiger partial charge in [0.15, 0.2) is 0 Å². The minimum Gasteiger partial charge on any atom is -0.465 e. The van der Waals surface area contributed by atoms with Gasteiger partial charge in [0, 0.05) is 18.2 Å². The van der Waals surface area contributed by atoms with E-state index in [2.05, 4.69) is 57.0 Å². The molecule has 0 fully saturated rings. The summed E-state index contributed by atoms with van der Waals surface area (Å²) in [5, 5.41) is 0. The highest BCUT2D eigenvalue weighted by Crippen LogP contribution is 2.40. The molecule has 0 saturated carbocycles. The van der Waals surface area contributed by atoms with E-state index in [1.54, 1.807) is 12.1 Å². The second-order valence-electron chi connectivity index (χ2n) is 8.56. The third-order valence-electron chi connectivity index (χ3n) is 5.53. The second kappa shape index (κ2) is 7.45. The van der Waals surface area contributed by atoms with Crippen molar-refractivity contribution in [1.29, 1.82) is 0 Å². The van der Waals surface area contributed by atoms with Gasteiger partial charge in [-0.25, -0.2) is 9.79 Å². The van der Waals surface area contributed by atoms with E-state index < -0.39 is 0 Å². The maximum absolute atomic E-state index is 11.9. The number of carbonyl (C=O) groups excluding carboxylic acids is 1. The van der Waals surface area contributed by atoms with Crippen LogP contribution in [0.15, 0.2) is 71.7 Å². The van der Waals surface area contributed by atoms with Crippen LogP contribution in [0, 0.1) is 0 Å². The minimum atomic E-state index is -0.343. The molecule has 0 aromatic heterocycles. The van der Waals surface area contributed by atoms with Crippen molar-refractivity contribution in [1.82, 2.24) is 0 Å². The van der Waals surface area contributed by atoms with E-state index in [0.717, 1.165) is 33.9 Å². The smallest absolute Gasteiger partial charge is 0.337 e. The lowest BCUT2D eigenvalue weighted by molar-refractivity contribution is 0.0600. The number of hydrogen-bond donors (Lipinski definition) is 0. The number of hydrogen-bond acceptors (Lipinski definition) is 4. The predicted molar refractivity (Wildman–Crippen MR) is 123 cm³/mol. The van der Waals surface area contributed by atoms with E-state index in [1.807, 2.05) is 30.3 Å². The van der Waals surface area contributed by atoms with E-state index in [1.165, 1.54) is 12.7 Å². The first kappa shape index (κ1) is 19.9. The molecule has 0 unspecified atom stereocenters. The van der Waals surface area contributed by atoms with Crippen LogP contribution in [0.4, 0.5) is 17.1 Å². The number of para-hydroxylation sites is 2. The molecule has 0 spiro atoms. The SMILES string of the molecule is COC(=O)c1ccc(C2=Nc3ccccc3N(C)c3ccc(C(C)(C)C)cc32)cc1. The highest BCUT2D eigenvalue weighted by Gasteiger charge is 2.24. The number of ether oxygens (including phenoxy) is 1. The zero-order chi connectivity index (χ0) is 21.5. The summed E-state index contributed by atoms with van der Waals surface area (Å²) >= 11 is 0. The second-order valence-corrected chi connectivity index (χ2v) is 8.56. The third kappa shape index (κ3) is 3.50. The highest BCUT2D eigenvalue weighted by molar-refractivity contribution is 6.19. The molecule has 0 radical (unpaired) electrons. The fourth-order valence-corrected chi connectivity index (χ4v) is 3.74. The van der Waals surface area contributed by atoms with Crippen molar-refractivity contribution >= 4 is 28.7 Å². The first-order chi connectivity index (χ1) is 14.3. The average molecular weight is 399 g/mol. The van der Waals surface area contributed by atoms with Gasteiger partial charge in [-0.3, -0.25) is 0 Å². The fourth-order valence-electron chi connectivity index (χ4n) is 3.74. The van der Waals surface area contributed by atoms with E-state index in [9.17, 15) is 4.79 Å². The van der Waals surface area contributed by atoms with Crippen LogP contribution < -0.4 is 4.90 Å². The Bertz CT molecular complexity index is 1140. The van der Waals surface area contributed by atoms with Crippen LogP contribution >= 0.6 is 0 Å². The quantitative estimate of drug-likeness (QED) is 0.496. The van der Waals surface area contributed by atoms with Gasteiger partial charge in [-0.15, -0.1) is 0 Å². The van der Waals surface area contributed by atoms with Crippen LogP contribution in [-0.2, 0) is 10.2 Å². The van der Waals surface area contributed by atoms with Crippen LogP contribution in [0.5, 0.6) is 0 Å². The number of fused-ring (bicyclic) bond motifs is 2. The normalized spacial score (nSPS) is 13.1. The molecule has 1 heterocycles. The molecule has 0 N–H and O–H groups in total. The fraction of sp³-hybridized carbons (Fsp3) is 0.231. The standard InChI is InChI=1S/C26H26N2O2/c1-26(2,3)19-14-15-22-20(16-19)24(17-10-12-18(13-11-17)25(29)30-5)27-21-8-6-7-9-23(21)28(22)4/h6-16H,1-5H3. The Morgan fingerprint density at radius 3 is 2.30 bits per heavy atom. The van der Waals surface area contributed by atoms with Crippen molar-refractivity contribution < 1.29 is 9.53 Å². The summed E-state index contributed by atoms with van der Waals surface area (Å²) in [4.78, 5) is 19.1. The number of methoxy groups -OCH3 is 1. The maximum Gasteiger partial charge on any atom is 0.337 e.